The third-order valence-electron chi connectivity index (χ3n) is 3.16. The van der Waals surface area contributed by atoms with E-state index < -0.39 is 0 Å². The van der Waals surface area contributed by atoms with Gasteiger partial charge in [0.25, 0.3) is 0 Å². The van der Waals surface area contributed by atoms with Crippen LogP contribution in [-0.4, -0.2) is 14.8 Å². The minimum atomic E-state index is 0.410. The van der Waals surface area contributed by atoms with Crippen molar-refractivity contribution < 1.29 is 0 Å². The quantitative estimate of drug-likeness (QED) is 0.795. The summed E-state index contributed by atoms with van der Waals surface area (Å²) in [4.78, 5) is 0. The van der Waals surface area contributed by atoms with Crippen LogP contribution in [0.2, 0.25) is 0 Å². The van der Waals surface area contributed by atoms with Crippen LogP contribution in [0.5, 0.6) is 0 Å². The van der Waals surface area contributed by atoms with Crippen molar-refractivity contribution >= 4 is 27.5 Å². The van der Waals surface area contributed by atoms with Crippen molar-refractivity contribution in [3.8, 4) is 11.4 Å². The molecule has 0 N–H and O–H groups in total. The molecule has 0 radical (unpaired) electrons. The van der Waals surface area contributed by atoms with E-state index in [4.69, 9.17) is 11.6 Å². The van der Waals surface area contributed by atoms with Crippen molar-refractivity contribution in [2.24, 2.45) is 0 Å². The highest BCUT2D eigenvalue weighted by Crippen LogP contribution is 2.40. The Labute approximate surface area is 119 Å². The monoisotopic (exact) mass is 325 g/mol. The highest BCUT2D eigenvalue weighted by Gasteiger charge is 2.30. The van der Waals surface area contributed by atoms with E-state index in [1.54, 1.807) is 0 Å². The molecule has 0 atom stereocenters. The first-order valence-corrected chi connectivity index (χ1v) is 7.29. The Balaban J connectivity index is 2.13. The number of halogens is 2. The van der Waals surface area contributed by atoms with E-state index in [2.05, 4.69) is 55.8 Å². The number of nitrogens with zero attached hydrogens (tertiary/aromatic N) is 3. The first kappa shape index (κ1) is 12.2. The molecule has 1 aromatic carbocycles. The Kier molecular flexibility index (Phi) is 3.16. The number of hydrogen-bond acceptors (Lipinski definition) is 2. The summed E-state index contributed by atoms with van der Waals surface area (Å²) in [5.74, 6) is 2.19. The van der Waals surface area contributed by atoms with Crippen LogP contribution in [0.15, 0.2) is 22.7 Å². The maximum absolute atomic E-state index is 5.93. The van der Waals surface area contributed by atoms with E-state index in [0.29, 0.717) is 11.9 Å². The van der Waals surface area contributed by atoms with E-state index in [9.17, 15) is 0 Å². The number of rotatable bonds is 3. The molecular formula is C13H13BrClN3. The summed E-state index contributed by atoms with van der Waals surface area (Å²) in [6.07, 6.45) is 2.39. The fourth-order valence-electron chi connectivity index (χ4n) is 2.12. The van der Waals surface area contributed by atoms with E-state index >= 15 is 0 Å². The molecule has 1 aromatic heterocycles. The summed E-state index contributed by atoms with van der Waals surface area (Å²) in [6.45, 7) is 2.07. The Bertz CT molecular complexity index is 590. The van der Waals surface area contributed by atoms with Gasteiger partial charge in [0, 0.05) is 16.1 Å². The molecule has 0 spiro atoms. The van der Waals surface area contributed by atoms with Crippen molar-refractivity contribution in [3.05, 3.63) is 34.1 Å². The summed E-state index contributed by atoms with van der Waals surface area (Å²) >= 11 is 9.54. The summed E-state index contributed by atoms with van der Waals surface area (Å²) in [5, 5.41) is 8.50. The number of alkyl halides is 1. The van der Waals surface area contributed by atoms with Gasteiger partial charge in [0.1, 0.15) is 5.82 Å². The Hall–Kier alpha value is -0.870. The largest absolute Gasteiger partial charge is 0.307 e. The normalized spacial score (nSPS) is 15.1. The topological polar surface area (TPSA) is 30.7 Å². The average molecular weight is 327 g/mol. The Morgan fingerprint density at radius 2 is 2.17 bits per heavy atom. The third-order valence-corrected chi connectivity index (χ3v) is 4.06. The molecule has 0 bridgehead atoms. The number of benzene rings is 1. The smallest absolute Gasteiger partial charge is 0.165 e. The van der Waals surface area contributed by atoms with Crippen molar-refractivity contribution in [1.82, 2.24) is 14.8 Å². The Morgan fingerprint density at radius 1 is 1.39 bits per heavy atom. The predicted molar refractivity (Wildman–Crippen MR) is 75.7 cm³/mol. The molecule has 0 aliphatic heterocycles. The van der Waals surface area contributed by atoms with Crippen LogP contribution in [0.3, 0.4) is 0 Å². The highest BCUT2D eigenvalue weighted by atomic mass is 79.9. The Morgan fingerprint density at radius 3 is 2.78 bits per heavy atom. The average Bonchev–Trinajstić information content (AvgIpc) is 3.09. The van der Waals surface area contributed by atoms with Crippen LogP contribution in [0, 0.1) is 6.92 Å². The molecule has 1 saturated carbocycles. The van der Waals surface area contributed by atoms with Gasteiger partial charge in [-0.15, -0.1) is 21.8 Å². The lowest BCUT2D eigenvalue weighted by Gasteiger charge is -2.09. The lowest BCUT2D eigenvalue weighted by atomic mass is 10.1. The van der Waals surface area contributed by atoms with Gasteiger partial charge in [-0.05, 0) is 37.5 Å². The van der Waals surface area contributed by atoms with Gasteiger partial charge >= 0.3 is 0 Å². The first-order valence-electron chi connectivity index (χ1n) is 5.97. The summed E-state index contributed by atoms with van der Waals surface area (Å²) in [7, 11) is 0. The molecule has 1 aliphatic rings. The van der Waals surface area contributed by atoms with Crippen LogP contribution >= 0.6 is 27.5 Å². The van der Waals surface area contributed by atoms with E-state index in [1.165, 1.54) is 18.4 Å². The standard InChI is InChI=1S/C13H13BrClN3/c1-8-2-5-10(11(14)6-8)13-17-16-12(7-15)18(13)9-3-4-9/h2,5-6,9H,3-4,7H2,1H3. The molecule has 0 amide bonds. The fourth-order valence-corrected chi connectivity index (χ4v) is 2.97. The van der Waals surface area contributed by atoms with Gasteiger partial charge in [-0.25, -0.2) is 0 Å². The van der Waals surface area contributed by atoms with Crippen LogP contribution in [-0.2, 0) is 5.88 Å². The summed E-state index contributed by atoms with van der Waals surface area (Å²) < 4.78 is 3.24. The second-order valence-corrected chi connectivity index (χ2v) is 5.78. The lowest BCUT2D eigenvalue weighted by molar-refractivity contribution is 0.711. The van der Waals surface area contributed by atoms with Crippen LogP contribution in [0.4, 0.5) is 0 Å². The molecular weight excluding hydrogens is 314 g/mol. The van der Waals surface area contributed by atoms with E-state index in [-0.39, 0.29) is 0 Å². The molecule has 5 heteroatoms. The van der Waals surface area contributed by atoms with Crippen molar-refractivity contribution in [2.75, 3.05) is 0 Å². The lowest BCUT2D eigenvalue weighted by Crippen LogP contribution is -2.02. The summed E-state index contributed by atoms with van der Waals surface area (Å²) in [6, 6.07) is 6.80. The molecule has 94 valence electrons. The highest BCUT2D eigenvalue weighted by molar-refractivity contribution is 9.10. The van der Waals surface area contributed by atoms with Crippen LogP contribution < -0.4 is 0 Å². The molecule has 1 heterocycles. The van der Waals surface area contributed by atoms with Gasteiger partial charge in [-0.2, -0.15) is 0 Å². The summed E-state index contributed by atoms with van der Waals surface area (Å²) in [5.41, 5.74) is 2.30. The number of aryl methyl sites for hydroxylation is 1. The fraction of sp³-hybridized carbons (Fsp3) is 0.385. The predicted octanol–water partition coefficient (Wildman–Crippen LogP) is 4.09. The van der Waals surface area contributed by atoms with Gasteiger partial charge in [0.05, 0.1) is 5.88 Å². The first-order chi connectivity index (χ1) is 8.70. The zero-order valence-electron chi connectivity index (χ0n) is 10.0. The molecule has 2 aromatic rings. The van der Waals surface area contributed by atoms with Crippen LogP contribution in [0.25, 0.3) is 11.4 Å². The van der Waals surface area contributed by atoms with Crippen molar-refractivity contribution in [3.63, 3.8) is 0 Å². The second-order valence-electron chi connectivity index (χ2n) is 4.66. The second kappa shape index (κ2) is 4.67. The van der Waals surface area contributed by atoms with Gasteiger partial charge in [-0.1, -0.05) is 22.0 Å². The van der Waals surface area contributed by atoms with E-state index in [0.717, 1.165) is 21.7 Å². The van der Waals surface area contributed by atoms with E-state index in [1.807, 2.05) is 0 Å². The molecule has 1 aliphatic carbocycles. The van der Waals surface area contributed by atoms with Gasteiger partial charge in [0.2, 0.25) is 0 Å². The third kappa shape index (κ3) is 2.08. The van der Waals surface area contributed by atoms with Crippen molar-refractivity contribution in [2.45, 2.75) is 31.7 Å². The molecule has 18 heavy (non-hydrogen) atoms. The van der Waals surface area contributed by atoms with Crippen LogP contribution in [0.1, 0.15) is 30.3 Å². The maximum Gasteiger partial charge on any atom is 0.165 e. The number of aromatic nitrogens is 3. The van der Waals surface area contributed by atoms with Gasteiger partial charge in [0.15, 0.2) is 5.82 Å². The number of hydrogen-bond donors (Lipinski definition) is 0. The minimum absolute atomic E-state index is 0.410. The molecule has 3 rings (SSSR count). The van der Waals surface area contributed by atoms with Gasteiger partial charge < -0.3 is 4.57 Å². The van der Waals surface area contributed by atoms with Gasteiger partial charge in [-0.3, -0.25) is 0 Å². The zero-order chi connectivity index (χ0) is 12.7. The molecule has 0 saturated heterocycles. The SMILES string of the molecule is Cc1ccc(-c2nnc(CCl)n2C2CC2)c(Br)c1. The molecule has 0 unspecified atom stereocenters. The molecule has 3 nitrogen and oxygen atoms in total. The minimum Gasteiger partial charge on any atom is -0.307 e. The maximum atomic E-state index is 5.93. The molecule has 1 fully saturated rings. The zero-order valence-corrected chi connectivity index (χ0v) is 12.4. The van der Waals surface area contributed by atoms with Crippen molar-refractivity contribution in [1.29, 1.82) is 0 Å².